The Balaban J connectivity index is 2.70. The molecule has 0 saturated heterocycles. The topological polar surface area (TPSA) is 88.9 Å². The van der Waals surface area contributed by atoms with Crippen molar-refractivity contribution in [2.24, 2.45) is 0 Å². The zero-order valence-electron chi connectivity index (χ0n) is 11.8. The minimum absolute atomic E-state index is 0.0349. The summed E-state index contributed by atoms with van der Waals surface area (Å²) < 4.78 is 0.393. The van der Waals surface area contributed by atoms with Crippen LogP contribution in [0.4, 0.5) is 5.69 Å². The van der Waals surface area contributed by atoms with Crippen molar-refractivity contribution in [3.63, 3.8) is 0 Å². The molecule has 6 nitrogen and oxygen atoms in total. The molecule has 2 rings (SSSR count). The Hall–Kier alpha value is -2.02. The molecule has 1 heterocycles. The molecule has 0 aliphatic carbocycles. The second-order valence-electron chi connectivity index (χ2n) is 5.02. The van der Waals surface area contributed by atoms with Gasteiger partial charge < -0.3 is 4.98 Å². The summed E-state index contributed by atoms with van der Waals surface area (Å²) in [4.78, 5) is 29.5. The number of nitrogens with zero attached hydrogens (tertiary/aromatic N) is 2. The lowest BCUT2D eigenvalue weighted by atomic mass is 10.1. The van der Waals surface area contributed by atoms with Crippen molar-refractivity contribution in [3.8, 4) is 11.4 Å². The van der Waals surface area contributed by atoms with Crippen LogP contribution in [0.3, 0.4) is 0 Å². The van der Waals surface area contributed by atoms with Crippen LogP contribution in [0.15, 0.2) is 27.5 Å². The minimum atomic E-state index is -0.469. The minimum Gasteiger partial charge on any atom is -0.306 e. The predicted molar refractivity (Wildman–Crippen MR) is 83.5 cm³/mol. The van der Waals surface area contributed by atoms with Crippen molar-refractivity contribution in [1.82, 2.24) is 9.97 Å². The molecule has 0 aliphatic rings. The van der Waals surface area contributed by atoms with Crippen molar-refractivity contribution in [2.75, 3.05) is 0 Å². The van der Waals surface area contributed by atoms with E-state index in [-0.39, 0.29) is 17.2 Å². The second-order valence-corrected chi connectivity index (χ2v) is 5.82. The van der Waals surface area contributed by atoms with E-state index in [2.05, 4.69) is 25.9 Å². The standard InChI is InChI=1S/C14H14BrN3O3/c1-7(2)12-11(15)14(19)17-13(16-12)10-6-9(18(20)21)5-4-8(10)3/h4-7H,1-3H3,(H,16,17,19). The van der Waals surface area contributed by atoms with Gasteiger partial charge in [-0.15, -0.1) is 0 Å². The lowest BCUT2D eigenvalue weighted by Crippen LogP contribution is -2.14. The second kappa shape index (κ2) is 5.77. The molecule has 0 aliphatic heterocycles. The van der Waals surface area contributed by atoms with Gasteiger partial charge in [-0.05, 0) is 34.3 Å². The van der Waals surface area contributed by atoms with Crippen LogP contribution >= 0.6 is 15.9 Å². The average Bonchev–Trinajstić information content (AvgIpc) is 2.41. The molecule has 0 radical (unpaired) electrons. The summed E-state index contributed by atoms with van der Waals surface area (Å²) in [6, 6.07) is 4.50. The van der Waals surface area contributed by atoms with E-state index in [1.165, 1.54) is 12.1 Å². The van der Waals surface area contributed by atoms with E-state index in [0.29, 0.717) is 21.6 Å². The molecule has 1 aromatic carbocycles. The van der Waals surface area contributed by atoms with Gasteiger partial charge in [0.1, 0.15) is 10.3 Å². The lowest BCUT2D eigenvalue weighted by molar-refractivity contribution is -0.384. The first-order chi connectivity index (χ1) is 9.81. The van der Waals surface area contributed by atoms with Gasteiger partial charge in [0.2, 0.25) is 0 Å². The fourth-order valence-corrected chi connectivity index (χ4v) is 2.61. The molecule has 1 N–H and O–H groups in total. The smallest absolute Gasteiger partial charge is 0.270 e. The number of aromatic amines is 1. The molecular formula is C14H14BrN3O3. The van der Waals surface area contributed by atoms with E-state index >= 15 is 0 Å². The highest BCUT2D eigenvalue weighted by molar-refractivity contribution is 9.10. The van der Waals surface area contributed by atoms with Crippen LogP contribution < -0.4 is 5.56 Å². The normalized spacial score (nSPS) is 10.9. The maximum absolute atomic E-state index is 12.0. The van der Waals surface area contributed by atoms with E-state index in [0.717, 1.165) is 5.56 Å². The largest absolute Gasteiger partial charge is 0.306 e. The van der Waals surface area contributed by atoms with Gasteiger partial charge in [0.25, 0.3) is 11.2 Å². The first kappa shape index (κ1) is 15.4. The van der Waals surface area contributed by atoms with Crippen molar-refractivity contribution < 1.29 is 4.92 Å². The van der Waals surface area contributed by atoms with Crippen molar-refractivity contribution >= 4 is 21.6 Å². The highest BCUT2D eigenvalue weighted by Crippen LogP contribution is 2.27. The van der Waals surface area contributed by atoms with Crippen LogP contribution in [0, 0.1) is 17.0 Å². The van der Waals surface area contributed by atoms with Crippen LogP contribution in [-0.2, 0) is 0 Å². The molecule has 0 fully saturated rings. The summed E-state index contributed by atoms with van der Waals surface area (Å²) in [6.07, 6.45) is 0. The number of halogens is 1. The number of aromatic nitrogens is 2. The summed E-state index contributed by atoms with van der Waals surface area (Å²) in [7, 11) is 0. The van der Waals surface area contributed by atoms with Gasteiger partial charge in [-0.2, -0.15) is 0 Å². The summed E-state index contributed by atoms with van der Waals surface area (Å²) in [6.45, 7) is 5.67. The van der Waals surface area contributed by atoms with Crippen LogP contribution in [0.2, 0.25) is 0 Å². The number of non-ortho nitro benzene ring substituents is 1. The molecule has 7 heteroatoms. The summed E-state index contributed by atoms with van der Waals surface area (Å²) >= 11 is 3.23. The van der Waals surface area contributed by atoms with Crippen LogP contribution in [0.5, 0.6) is 0 Å². The number of nitrogens with one attached hydrogen (secondary N) is 1. The fraction of sp³-hybridized carbons (Fsp3) is 0.286. The Morgan fingerprint density at radius 3 is 2.62 bits per heavy atom. The van der Waals surface area contributed by atoms with Gasteiger partial charge in [0.15, 0.2) is 0 Å². The van der Waals surface area contributed by atoms with Crippen molar-refractivity contribution in [3.05, 3.63) is 54.4 Å². The van der Waals surface area contributed by atoms with Gasteiger partial charge in [-0.25, -0.2) is 4.98 Å². The maximum Gasteiger partial charge on any atom is 0.270 e. The van der Waals surface area contributed by atoms with Gasteiger partial charge in [0, 0.05) is 17.7 Å². The van der Waals surface area contributed by atoms with Gasteiger partial charge in [-0.1, -0.05) is 19.9 Å². The molecule has 0 bridgehead atoms. The molecule has 0 amide bonds. The SMILES string of the molecule is Cc1ccc([N+](=O)[O-])cc1-c1nc(C(C)C)c(Br)c(=O)[nH]1. The molecule has 21 heavy (non-hydrogen) atoms. The molecular weight excluding hydrogens is 338 g/mol. The van der Waals surface area contributed by atoms with E-state index in [9.17, 15) is 14.9 Å². The Labute approximate surface area is 129 Å². The van der Waals surface area contributed by atoms with E-state index in [4.69, 9.17) is 0 Å². The summed E-state index contributed by atoms with van der Waals surface area (Å²) in [5.74, 6) is 0.396. The van der Waals surface area contributed by atoms with E-state index < -0.39 is 4.92 Å². The quantitative estimate of drug-likeness (QED) is 0.676. The lowest BCUT2D eigenvalue weighted by Gasteiger charge is -2.10. The number of H-pyrrole nitrogens is 1. The van der Waals surface area contributed by atoms with Crippen molar-refractivity contribution in [2.45, 2.75) is 26.7 Å². The number of aryl methyl sites for hydroxylation is 1. The predicted octanol–water partition coefficient (Wildman–Crippen LogP) is 3.54. The molecule has 0 spiro atoms. The first-order valence-corrected chi connectivity index (χ1v) is 7.15. The maximum atomic E-state index is 12.0. The number of rotatable bonds is 3. The third-order valence-corrected chi connectivity index (χ3v) is 3.89. The van der Waals surface area contributed by atoms with Crippen LogP contribution in [0.25, 0.3) is 11.4 Å². The monoisotopic (exact) mass is 351 g/mol. The highest BCUT2D eigenvalue weighted by atomic mass is 79.9. The third kappa shape index (κ3) is 3.02. The van der Waals surface area contributed by atoms with E-state index in [1.54, 1.807) is 6.07 Å². The zero-order valence-corrected chi connectivity index (χ0v) is 13.4. The Bertz CT molecular complexity index is 769. The molecule has 0 unspecified atom stereocenters. The van der Waals surface area contributed by atoms with Crippen LogP contribution in [-0.4, -0.2) is 14.9 Å². The number of nitro benzene ring substituents is 1. The van der Waals surface area contributed by atoms with Gasteiger partial charge >= 0.3 is 0 Å². The molecule has 2 aromatic rings. The Kier molecular flexibility index (Phi) is 4.22. The summed E-state index contributed by atoms with van der Waals surface area (Å²) in [5, 5.41) is 10.9. The van der Waals surface area contributed by atoms with E-state index in [1.807, 2.05) is 20.8 Å². The molecule has 0 saturated carbocycles. The number of hydrogen-bond donors (Lipinski definition) is 1. The molecule has 110 valence electrons. The Morgan fingerprint density at radius 2 is 2.05 bits per heavy atom. The highest BCUT2D eigenvalue weighted by Gasteiger charge is 2.16. The Morgan fingerprint density at radius 1 is 1.38 bits per heavy atom. The summed E-state index contributed by atoms with van der Waals surface area (Å²) in [5.41, 5.74) is 1.65. The molecule has 1 aromatic heterocycles. The van der Waals surface area contributed by atoms with Crippen LogP contribution in [0.1, 0.15) is 31.0 Å². The third-order valence-electron chi connectivity index (χ3n) is 3.12. The van der Waals surface area contributed by atoms with Gasteiger partial charge in [-0.3, -0.25) is 14.9 Å². The van der Waals surface area contributed by atoms with Gasteiger partial charge in [0.05, 0.1) is 10.6 Å². The number of hydrogen-bond acceptors (Lipinski definition) is 4. The molecule has 0 atom stereocenters. The number of benzene rings is 1. The average molecular weight is 352 g/mol. The first-order valence-electron chi connectivity index (χ1n) is 6.36. The fourth-order valence-electron chi connectivity index (χ4n) is 1.96. The van der Waals surface area contributed by atoms with Crippen molar-refractivity contribution in [1.29, 1.82) is 0 Å². The number of nitro groups is 1. The zero-order chi connectivity index (χ0) is 15.7.